The molecular formula is C15H16ClN3. The molecule has 2 heterocycles. The van der Waals surface area contributed by atoms with Gasteiger partial charge >= 0.3 is 0 Å². The van der Waals surface area contributed by atoms with Crippen molar-refractivity contribution in [2.45, 2.75) is 26.2 Å². The van der Waals surface area contributed by atoms with E-state index in [1.54, 1.807) is 0 Å². The van der Waals surface area contributed by atoms with Crippen molar-refractivity contribution in [2.75, 3.05) is 11.9 Å². The van der Waals surface area contributed by atoms with E-state index in [2.05, 4.69) is 46.9 Å². The van der Waals surface area contributed by atoms with E-state index >= 15 is 0 Å². The Morgan fingerprint density at radius 2 is 2.11 bits per heavy atom. The maximum absolute atomic E-state index is 6.24. The van der Waals surface area contributed by atoms with E-state index < -0.39 is 0 Å². The standard InChI is InChI=1S/C15H16ClN3/c1-9-4-5-13-11(6-9)10(2)7-12-14(16)17-8-18-15(12)19(13)3/h4-6,8,10H,7H2,1-3H3. The van der Waals surface area contributed by atoms with Crippen molar-refractivity contribution >= 4 is 23.1 Å². The van der Waals surface area contributed by atoms with E-state index in [1.165, 1.54) is 23.1 Å². The third-order valence-corrected chi connectivity index (χ3v) is 4.10. The molecule has 1 aromatic heterocycles. The Morgan fingerprint density at radius 3 is 2.89 bits per heavy atom. The molecule has 0 fully saturated rings. The molecule has 1 aliphatic rings. The van der Waals surface area contributed by atoms with Gasteiger partial charge in [0.2, 0.25) is 0 Å². The van der Waals surface area contributed by atoms with Gasteiger partial charge in [0, 0.05) is 18.3 Å². The minimum atomic E-state index is 0.405. The number of rotatable bonds is 0. The monoisotopic (exact) mass is 273 g/mol. The number of aryl methyl sites for hydroxylation is 1. The van der Waals surface area contributed by atoms with E-state index in [0.29, 0.717) is 11.1 Å². The number of halogens is 1. The molecule has 0 N–H and O–H groups in total. The van der Waals surface area contributed by atoms with Crippen LogP contribution in [0.3, 0.4) is 0 Å². The Balaban J connectivity index is 2.24. The summed E-state index contributed by atoms with van der Waals surface area (Å²) < 4.78 is 0. The fourth-order valence-corrected chi connectivity index (χ4v) is 2.96. The van der Waals surface area contributed by atoms with Crippen LogP contribution in [0.1, 0.15) is 29.5 Å². The zero-order chi connectivity index (χ0) is 13.6. The Morgan fingerprint density at radius 1 is 1.32 bits per heavy atom. The summed E-state index contributed by atoms with van der Waals surface area (Å²) >= 11 is 6.24. The molecule has 0 aliphatic carbocycles. The first-order chi connectivity index (χ1) is 9.08. The van der Waals surface area contributed by atoms with Crippen molar-refractivity contribution < 1.29 is 0 Å². The first-order valence-electron chi connectivity index (χ1n) is 6.41. The van der Waals surface area contributed by atoms with Crippen LogP contribution in [0.2, 0.25) is 5.15 Å². The molecule has 1 unspecified atom stereocenters. The molecular weight excluding hydrogens is 258 g/mol. The highest BCUT2D eigenvalue weighted by atomic mass is 35.5. The molecule has 2 aromatic rings. The molecule has 0 spiro atoms. The molecule has 1 atom stereocenters. The minimum Gasteiger partial charge on any atom is -0.329 e. The fraction of sp³-hybridized carbons (Fsp3) is 0.333. The molecule has 19 heavy (non-hydrogen) atoms. The summed E-state index contributed by atoms with van der Waals surface area (Å²) in [6, 6.07) is 6.55. The van der Waals surface area contributed by atoms with Crippen molar-refractivity contribution in [3.05, 3.63) is 46.4 Å². The predicted molar refractivity (Wildman–Crippen MR) is 78.4 cm³/mol. The predicted octanol–water partition coefficient (Wildman–Crippen LogP) is 3.87. The third kappa shape index (κ3) is 1.98. The van der Waals surface area contributed by atoms with Crippen LogP contribution in [0.25, 0.3) is 0 Å². The van der Waals surface area contributed by atoms with Gasteiger partial charge in [-0.2, -0.15) is 0 Å². The number of anilines is 2. The average Bonchev–Trinajstić information content (AvgIpc) is 2.49. The number of nitrogens with zero attached hydrogens (tertiary/aromatic N) is 3. The average molecular weight is 274 g/mol. The van der Waals surface area contributed by atoms with Crippen LogP contribution in [0.4, 0.5) is 11.5 Å². The summed E-state index contributed by atoms with van der Waals surface area (Å²) in [5.74, 6) is 1.32. The first kappa shape index (κ1) is 12.4. The van der Waals surface area contributed by atoms with Gasteiger partial charge in [-0.15, -0.1) is 0 Å². The van der Waals surface area contributed by atoms with E-state index in [-0.39, 0.29) is 0 Å². The van der Waals surface area contributed by atoms with Crippen molar-refractivity contribution in [2.24, 2.45) is 0 Å². The minimum absolute atomic E-state index is 0.405. The van der Waals surface area contributed by atoms with Crippen LogP contribution in [0, 0.1) is 6.92 Å². The Kier molecular flexibility index (Phi) is 2.94. The number of aromatic nitrogens is 2. The van der Waals surface area contributed by atoms with Gasteiger partial charge in [0.25, 0.3) is 0 Å². The molecule has 4 heteroatoms. The van der Waals surface area contributed by atoms with E-state index in [1.807, 2.05) is 7.05 Å². The van der Waals surface area contributed by atoms with Gasteiger partial charge in [0.1, 0.15) is 17.3 Å². The Labute approximate surface area is 118 Å². The fourth-order valence-electron chi connectivity index (χ4n) is 2.75. The lowest BCUT2D eigenvalue weighted by Crippen LogP contribution is -2.13. The summed E-state index contributed by atoms with van der Waals surface area (Å²) in [6.45, 7) is 4.35. The zero-order valence-electron chi connectivity index (χ0n) is 11.3. The number of fused-ring (bicyclic) bond motifs is 2. The molecule has 0 saturated heterocycles. The second-order valence-corrected chi connectivity index (χ2v) is 5.55. The largest absolute Gasteiger partial charge is 0.329 e. The smallest absolute Gasteiger partial charge is 0.140 e. The van der Waals surface area contributed by atoms with Gasteiger partial charge in [0.15, 0.2) is 0 Å². The summed E-state index contributed by atoms with van der Waals surface area (Å²) in [5.41, 5.74) is 4.86. The first-order valence-corrected chi connectivity index (χ1v) is 6.79. The molecule has 0 radical (unpaired) electrons. The molecule has 3 nitrogen and oxygen atoms in total. The second-order valence-electron chi connectivity index (χ2n) is 5.19. The van der Waals surface area contributed by atoms with Gasteiger partial charge in [-0.1, -0.05) is 36.2 Å². The van der Waals surface area contributed by atoms with E-state index in [0.717, 1.165) is 17.8 Å². The highest BCUT2D eigenvalue weighted by Crippen LogP contribution is 2.40. The Hall–Kier alpha value is -1.61. The highest BCUT2D eigenvalue weighted by molar-refractivity contribution is 6.30. The van der Waals surface area contributed by atoms with Gasteiger partial charge in [-0.25, -0.2) is 9.97 Å². The topological polar surface area (TPSA) is 29.0 Å². The van der Waals surface area contributed by atoms with Crippen LogP contribution in [-0.4, -0.2) is 17.0 Å². The second kappa shape index (κ2) is 4.49. The third-order valence-electron chi connectivity index (χ3n) is 3.77. The van der Waals surface area contributed by atoms with Crippen LogP contribution in [0.5, 0.6) is 0 Å². The van der Waals surface area contributed by atoms with Crippen LogP contribution in [-0.2, 0) is 6.42 Å². The molecule has 98 valence electrons. The number of benzene rings is 1. The summed E-state index contributed by atoms with van der Waals surface area (Å²) in [4.78, 5) is 10.6. The van der Waals surface area contributed by atoms with E-state index in [9.17, 15) is 0 Å². The Bertz CT molecular complexity index is 639. The molecule has 3 rings (SSSR count). The quantitative estimate of drug-likeness (QED) is 0.683. The SMILES string of the molecule is Cc1ccc2c(c1)C(C)Cc1c(Cl)ncnc1N2C. The van der Waals surface area contributed by atoms with Crippen molar-refractivity contribution in [3.63, 3.8) is 0 Å². The summed E-state index contributed by atoms with van der Waals surface area (Å²) in [7, 11) is 2.04. The van der Waals surface area contributed by atoms with Crippen LogP contribution >= 0.6 is 11.6 Å². The molecule has 0 amide bonds. The molecule has 0 bridgehead atoms. The lowest BCUT2D eigenvalue weighted by Gasteiger charge is -2.21. The molecule has 0 saturated carbocycles. The number of hydrogen-bond donors (Lipinski definition) is 0. The van der Waals surface area contributed by atoms with Crippen LogP contribution < -0.4 is 4.90 Å². The maximum Gasteiger partial charge on any atom is 0.140 e. The molecule has 1 aliphatic heterocycles. The van der Waals surface area contributed by atoms with Gasteiger partial charge in [-0.05, 0) is 30.9 Å². The van der Waals surface area contributed by atoms with Crippen molar-refractivity contribution in [3.8, 4) is 0 Å². The maximum atomic E-state index is 6.24. The van der Waals surface area contributed by atoms with Gasteiger partial charge < -0.3 is 4.90 Å². The summed E-state index contributed by atoms with van der Waals surface area (Å²) in [5, 5.41) is 0.563. The van der Waals surface area contributed by atoms with Crippen molar-refractivity contribution in [1.82, 2.24) is 9.97 Å². The molecule has 1 aromatic carbocycles. The summed E-state index contributed by atoms with van der Waals surface area (Å²) in [6.07, 6.45) is 2.40. The van der Waals surface area contributed by atoms with Gasteiger partial charge in [-0.3, -0.25) is 0 Å². The normalized spacial score (nSPS) is 17.7. The lowest BCUT2D eigenvalue weighted by molar-refractivity contribution is 0.763. The zero-order valence-corrected chi connectivity index (χ0v) is 12.1. The van der Waals surface area contributed by atoms with Crippen molar-refractivity contribution in [1.29, 1.82) is 0 Å². The van der Waals surface area contributed by atoms with Gasteiger partial charge in [0.05, 0.1) is 0 Å². The lowest BCUT2D eigenvalue weighted by atomic mass is 9.93. The van der Waals surface area contributed by atoms with Crippen LogP contribution in [0.15, 0.2) is 24.5 Å². The highest BCUT2D eigenvalue weighted by Gasteiger charge is 2.25. The van der Waals surface area contributed by atoms with E-state index in [4.69, 9.17) is 11.6 Å². The number of hydrogen-bond acceptors (Lipinski definition) is 3.